The lowest BCUT2D eigenvalue weighted by atomic mass is 9.86. The van der Waals surface area contributed by atoms with Crippen molar-refractivity contribution in [3.05, 3.63) is 18.3 Å². The first-order valence-electron chi connectivity index (χ1n) is 8.15. The number of aromatic nitrogens is 1. The second-order valence-corrected chi connectivity index (χ2v) is 13.7. The Labute approximate surface area is 145 Å². The van der Waals surface area contributed by atoms with Crippen LogP contribution in [0.25, 0.3) is 0 Å². The number of carboxylic acids is 1. The lowest BCUT2D eigenvalue weighted by molar-refractivity contribution is -0.140. The van der Waals surface area contributed by atoms with Gasteiger partial charge in [-0.2, -0.15) is 0 Å². The van der Waals surface area contributed by atoms with Crippen molar-refractivity contribution in [3.63, 3.8) is 0 Å². The van der Waals surface area contributed by atoms with Crippen molar-refractivity contribution < 1.29 is 19.4 Å². The number of nitrogens with zero attached hydrogens (tertiary/aromatic N) is 1. The normalized spacial score (nSPS) is 13.4. The zero-order valence-electron chi connectivity index (χ0n) is 15.5. The number of carboxylic acid groups (broad SMARTS) is 1. The maximum Gasteiger partial charge on any atom is 0.326 e. The van der Waals surface area contributed by atoms with E-state index in [4.69, 9.17) is 9.47 Å². The third-order valence-electron chi connectivity index (χ3n) is 3.46. The zero-order chi connectivity index (χ0) is 18.4. The second-order valence-electron chi connectivity index (χ2n) is 8.12. The molecule has 7 heteroatoms. The van der Waals surface area contributed by atoms with Crippen LogP contribution < -0.4 is 10.1 Å². The average Bonchev–Trinajstić information content (AvgIpc) is 2.42. The van der Waals surface area contributed by atoms with Crippen molar-refractivity contribution in [1.82, 2.24) is 4.98 Å². The van der Waals surface area contributed by atoms with Crippen molar-refractivity contribution in [1.29, 1.82) is 0 Å². The number of rotatable bonds is 9. The molecule has 1 aromatic rings. The highest BCUT2D eigenvalue weighted by molar-refractivity contribution is 6.76. The quantitative estimate of drug-likeness (QED) is 0.400. The number of nitrogens with one attached hydrogen (secondary N) is 1. The summed E-state index contributed by atoms with van der Waals surface area (Å²) >= 11 is 0. The van der Waals surface area contributed by atoms with Crippen molar-refractivity contribution in [3.8, 4) is 5.88 Å². The van der Waals surface area contributed by atoms with Gasteiger partial charge in [-0.15, -0.1) is 0 Å². The Balaban J connectivity index is 2.66. The molecule has 1 aromatic heterocycles. The maximum absolute atomic E-state index is 11.5. The number of hydrogen-bond acceptors (Lipinski definition) is 5. The van der Waals surface area contributed by atoms with Crippen LogP contribution in [-0.4, -0.2) is 43.6 Å². The molecule has 2 N–H and O–H groups in total. The van der Waals surface area contributed by atoms with Gasteiger partial charge in [0.25, 0.3) is 0 Å². The first-order valence-corrected chi connectivity index (χ1v) is 11.9. The van der Waals surface area contributed by atoms with Gasteiger partial charge in [-0.3, -0.25) is 0 Å². The van der Waals surface area contributed by atoms with E-state index in [2.05, 4.69) is 29.9 Å². The molecule has 1 heterocycles. The van der Waals surface area contributed by atoms with Gasteiger partial charge in [-0.1, -0.05) is 40.4 Å². The summed E-state index contributed by atoms with van der Waals surface area (Å²) in [6, 6.07) is 3.81. The third-order valence-corrected chi connectivity index (χ3v) is 5.16. The van der Waals surface area contributed by atoms with Gasteiger partial charge in [0.1, 0.15) is 6.04 Å². The molecule has 0 spiro atoms. The van der Waals surface area contributed by atoms with E-state index in [1.54, 1.807) is 18.3 Å². The van der Waals surface area contributed by atoms with Crippen LogP contribution in [0, 0.1) is 5.41 Å². The Morgan fingerprint density at radius 3 is 2.58 bits per heavy atom. The summed E-state index contributed by atoms with van der Waals surface area (Å²) in [7, 11) is -1.13. The van der Waals surface area contributed by atoms with Crippen LogP contribution in [0.4, 0.5) is 5.69 Å². The Hall–Kier alpha value is -1.60. The molecule has 0 aliphatic rings. The van der Waals surface area contributed by atoms with Crippen LogP contribution in [0.15, 0.2) is 18.3 Å². The van der Waals surface area contributed by atoms with Crippen molar-refractivity contribution >= 4 is 19.7 Å². The number of hydrogen-bond donors (Lipinski definition) is 2. The summed E-state index contributed by atoms with van der Waals surface area (Å²) in [6.45, 7) is 13.2. The van der Waals surface area contributed by atoms with E-state index < -0.39 is 25.5 Å². The largest absolute Gasteiger partial charge is 0.480 e. The van der Waals surface area contributed by atoms with Crippen LogP contribution in [-0.2, 0) is 9.53 Å². The molecule has 0 aromatic carbocycles. The van der Waals surface area contributed by atoms with Crippen LogP contribution in [0.2, 0.25) is 25.7 Å². The minimum Gasteiger partial charge on any atom is -0.480 e. The van der Waals surface area contributed by atoms with Gasteiger partial charge < -0.3 is 19.9 Å². The minimum absolute atomic E-state index is 0.101. The molecule has 0 saturated heterocycles. The van der Waals surface area contributed by atoms with Gasteiger partial charge in [0, 0.05) is 20.9 Å². The van der Waals surface area contributed by atoms with Gasteiger partial charge in [-0.05, 0) is 23.6 Å². The van der Waals surface area contributed by atoms with Crippen LogP contribution in [0.1, 0.15) is 20.8 Å². The third kappa shape index (κ3) is 7.31. The van der Waals surface area contributed by atoms with E-state index in [1.807, 2.05) is 20.8 Å². The Kier molecular flexibility index (Phi) is 7.22. The summed E-state index contributed by atoms with van der Waals surface area (Å²) in [5.74, 6) is -0.565. The average molecular weight is 355 g/mol. The molecule has 0 fully saturated rings. The van der Waals surface area contributed by atoms with Gasteiger partial charge in [0.05, 0.1) is 5.69 Å². The van der Waals surface area contributed by atoms with Crippen molar-refractivity contribution in [2.24, 2.45) is 5.41 Å². The highest BCUT2D eigenvalue weighted by Crippen LogP contribution is 2.27. The molecule has 1 unspecified atom stereocenters. The zero-order valence-corrected chi connectivity index (χ0v) is 16.5. The minimum atomic E-state index is -1.13. The molecule has 1 rings (SSSR count). The summed E-state index contributed by atoms with van der Waals surface area (Å²) in [5, 5.41) is 12.5. The summed E-state index contributed by atoms with van der Waals surface area (Å²) in [6.07, 6.45) is 1.61. The first kappa shape index (κ1) is 20.4. The molecule has 0 bridgehead atoms. The molecule has 136 valence electrons. The van der Waals surface area contributed by atoms with E-state index in [0.717, 1.165) is 6.04 Å². The van der Waals surface area contributed by atoms with E-state index in [1.165, 1.54) is 0 Å². The fraction of sp³-hybridized carbons (Fsp3) is 0.647. The number of anilines is 1. The van der Waals surface area contributed by atoms with Crippen LogP contribution in [0.3, 0.4) is 0 Å². The monoisotopic (exact) mass is 354 g/mol. The van der Waals surface area contributed by atoms with E-state index in [0.29, 0.717) is 18.2 Å². The molecular formula is C17H30N2O4Si. The summed E-state index contributed by atoms with van der Waals surface area (Å²) in [5.41, 5.74) is 0.0980. The van der Waals surface area contributed by atoms with Gasteiger partial charge in [0.2, 0.25) is 5.88 Å². The standard InChI is InChI=1S/C17H30N2O4Si/c1-17(2,3)14(16(20)21)19-13-8-7-9-18-15(13)23-12-22-10-11-24(4,5)6/h7-9,14,19H,10-12H2,1-6H3,(H,20,21). The smallest absolute Gasteiger partial charge is 0.326 e. The molecule has 0 radical (unpaired) electrons. The Morgan fingerprint density at radius 2 is 2.04 bits per heavy atom. The summed E-state index contributed by atoms with van der Waals surface area (Å²) in [4.78, 5) is 15.7. The Bertz CT molecular complexity index is 538. The van der Waals surface area contributed by atoms with E-state index >= 15 is 0 Å². The lowest BCUT2D eigenvalue weighted by Gasteiger charge is -2.29. The molecule has 0 saturated carbocycles. The molecule has 6 nitrogen and oxygen atoms in total. The number of pyridine rings is 1. The number of carbonyl (C=O) groups is 1. The SMILES string of the molecule is CC(C)(C)C(Nc1cccnc1OCOCC[Si](C)(C)C)C(=O)O. The van der Waals surface area contributed by atoms with Crippen molar-refractivity contribution in [2.75, 3.05) is 18.7 Å². The molecule has 0 aliphatic carbocycles. The fourth-order valence-corrected chi connectivity index (χ4v) is 2.71. The van der Waals surface area contributed by atoms with E-state index in [-0.39, 0.29) is 6.79 Å². The van der Waals surface area contributed by atoms with Crippen molar-refractivity contribution in [2.45, 2.75) is 52.5 Å². The van der Waals surface area contributed by atoms with Gasteiger partial charge in [-0.25, -0.2) is 9.78 Å². The lowest BCUT2D eigenvalue weighted by Crippen LogP contribution is -2.41. The molecule has 0 aliphatic heterocycles. The molecule has 1 atom stereocenters. The van der Waals surface area contributed by atoms with E-state index in [9.17, 15) is 9.90 Å². The summed E-state index contributed by atoms with van der Waals surface area (Å²) < 4.78 is 11.1. The topological polar surface area (TPSA) is 80.7 Å². The van der Waals surface area contributed by atoms with Gasteiger partial charge >= 0.3 is 5.97 Å². The predicted molar refractivity (Wildman–Crippen MR) is 98.3 cm³/mol. The predicted octanol–water partition coefficient (Wildman–Crippen LogP) is 3.68. The molecule has 24 heavy (non-hydrogen) atoms. The highest BCUT2D eigenvalue weighted by atomic mass is 28.3. The highest BCUT2D eigenvalue weighted by Gasteiger charge is 2.31. The molecule has 0 amide bonds. The second kappa shape index (κ2) is 8.48. The Morgan fingerprint density at radius 1 is 1.38 bits per heavy atom. The van der Waals surface area contributed by atoms with Crippen LogP contribution >= 0.6 is 0 Å². The van der Waals surface area contributed by atoms with Gasteiger partial charge in [0.15, 0.2) is 6.79 Å². The number of aliphatic carboxylic acids is 1. The van der Waals surface area contributed by atoms with Crippen LogP contribution in [0.5, 0.6) is 5.88 Å². The number of ether oxygens (including phenoxy) is 2. The fourth-order valence-electron chi connectivity index (χ4n) is 1.95. The maximum atomic E-state index is 11.5. The first-order chi connectivity index (χ1) is 11.0. The molecular weight excluding hydrogens is 324 g/mol.